The lowest BCUT2D eigenvalue weighted by atomic mass is 9.99. The molecular weight excluding hydrogens is 280 g/mol. The first kappa shape index (κ1) is 14.3. The number of carbonyl (C=O) groups excluding carboxylic acids is 1. The van der Waals surface area contributed by atoms with Crippen molar-refractivity contribution in [2.75, 3.05) is 31.9 Å². The highest BCUT2D eigenvalue weighted by molar-refractivity contribution is 7.89. The van der Waals surface area contributed by atoms with Crippen LogP contribution < -0.4 is 0 Å². The van der Waals surface area contributed by atoms with Crippen molar-refractivity contribution in [1.29, 1.82) is 0 Å². The molecule has 0 saturated carbocycles. The number of hydrogen-bond acceptors (Lipinski definition) is 4. The molecular formula is C13H22N2O4S. The first-order valence-corrected chi connectivity index (χ1v) is 9.04. The molecule has 0 aromatic heterocycles. The van der Waals surface area contributed by atoms with E-state index in [1.54, 1.807) is 6.92 Å². The Morgan fingerprint density at radius 2 is 1.95 bits per heavy atom. The van der Waals surface area contributed by atoms with Crippen LogP contribution in [0.4, 0.5) is 0 Å². The minimum atomic E-state index is -3.19. The highest BCUT2D eigenvalue weighted by atomic mass is 32.2. The highest BCUT2D eigenvalue weighted by Gasteiger charge is 2.48. The fourth-order valence-corrected chi connectivity index (χ4v) is 4.60. The SMILES string of the molecule is CCS(=O)(=O)N1CC2CC(C(=O)N3CCCC3)C(C1)O2. The van der Waals surface area contributed by atoms with Crippen LogP contribution in [0.5, 0.6) is 0 Å². The molecule has 3 rings (SSSR count). The van der Waals surface area contributed by atoms with Crippen LogP contribution >= 0.6 is 0 Å². The third kappa shape index (κ3) is 2.46. The molecule has 0 spiro atoms. The number of amides is 1. The van der Waals surface area contributed by atoms with Gasteiger partial charge in [0.2, 0.25) is 15.9 Å². The summed E-state index contributed by atoms with van der Waals surface area (Å²) in [6.45, 7) is 4.06. The number of carbonyl (C=O) groups is 1. The Morgan fingerprint density at radius 1 is 1.25 bits per heavy atom. The minimum Gasteiger partial charge on any atom is -0.371 e. The van der Waals surface area contributed by atoms with Gasteiger partial charge in [0.05, 0.1) is 23.9 Å². The van der Waals surface area contributed by atoms with E-state index in [-0.39, 0.29) is 29.8 Å². The lowest BCUT2D eigenvalue weighted by molar-refractivity contribution is -0.136. The van der Waals surface area contributed by atoms with Gasteiger partial charge < -0.3 is 9.64 Å². The summed E-state index contributed by atoms with van der Waals surface area (Å²) in [6.07, 6.45) is 2.43. The third-order valence-corrected chi connectivity index (χ3v) is 6.43. The molecule has 0 N–H and O–H groups in total. The minimum absolute atomic E-state index is 0.108. The average Bonchev–Trinajstić information content (AvgIpc) is 3.06. The van der Waals surface area contributed by atoms with Gasteiger partial charge in [-0.3, -0.25) is 4.79 Å². The predicted octanol–water partition coefficient (Wildman–Crippen LogP) is 0.0478. The Kier molecular flexibility index (Phi) is 3.77. The van der Waals surface area contributed by atoms with Gasteiger partial charge >= 0.3 is 0 Å². The van der Waals surface area contributed by atoms with Crippen LogP contribution in [0.25, 0.3) is 0 Å². The van der Waals surface area contributed by atoms with Crippen molar-refractivity contribution in [2.45, 2.75) is 38.4 Å². The molecule has 114 valence electrons. The monoisotopic (exact) mass is 302 g/mol. The number of likely N-dealkylation sites (tertiary alicyclic amines) is 1. The Hall–Kier alpha value is -0.660. The van der Waals surface area contributed by atoms with Gasteiger partial charge in [-0.05, 0) is 26.2 Å². The smallest absolute Gasteiger partial charge is 0.228 e. The van der Waals surface area contributed by atoms with E-state index in [1.165, 1.54) is 4.31 Å². The molecule has 20 heavy (non-hydrogen) atoms. The lowest BCUT2D eigenvalue weighted by Gasteiger charge is -2.32. The standard InChI is InChI=1S/C13H22N2O4S/c1-2-20(17,18)15-8-10-7-11(12(9-15)19-10)13(16)14-5-3-4-6-14/h10-12H,2-9H2,1H3. The number of fused-ring (bicyclic) bond motifs is 2. The number of morpholine rings is 1. The third-order valence-electron chi connectivity index (χ3n) is 4.62. The summed E-state index contributed by atoms with van der Waals surface area (Å²) in [5.41, 5.74) is 0. The Bertz CT molecular complexity index is 487. The van der Waals surface area contributed by atoms with Gasteiger partial charge in [-0.2, -0.15) is 4.31 Å². The number of sulfonamides is 1. The molecule has 3 aliphatic heterocycles. The topological polar surface area (TPSA) is 66.9 Å². The quantitative estimate of drug-likeness (QED) is 0.739. The van der Waals surface area contributed by atoms with Crippen LogP contribution in [0.3, 0.4) is 0 Å². The fourth-order valence-electron chi connectivity index (χ4n) is 3.46. The van der Waals surface area contributed by atoms with Crippen LogP contribution in [0, 0.1) is 5.92 Å². The number of rotatable bonds is 3. The van der Waals surface area contributed by atoms with Crippen molar-refractivity contribution in [2.24, 2.45) is 5.92 Å². The van der Waals surface area contributed by atoms with E-state index in [4.69, 9.17) is 4.74 Å². The molecule has 1 amide bonds. The number of nitrogens with zero attached hydrogens (tertiary/aromatic N) is 2. The van der Waals surface area contributed by atoms with Crippen LogP contribution in [0.1, 0.15) is 26.2 Å². The molecule has 2 bridgehead atoms. The summed E-state index contributed by atoms with van der Waals surface area (Å²) in [5, 5.41) is 0. The summed E-state index contributed by atoms with van der Waals surface area (Å²) in [6, 6.07) is 0. The predicted molar refractivity (Wildman–Crippen MR) is 73.6 cm³/mol. The first-order valence-electron chi connectivity index (χ1n) is 7.43. The number of hydrogen-bond donors (Lipinski definition) is 0. The zero-order chi connectivity index (χ0) is 14.3. The second kappa shape index (κ2) is 5.27. The van der Waals surface area contributed by atoms with Crippen LogP contribution in [-0.2, 0) is 19.6 Å². The zero-order valence-electron chi connectivity index (χ0n) is 11.8. The van der Waals surface area contributed by atoms with E-state index < -0.39 is 10.0 Å². The van der Waals surface area contributed by atoms with Crippen molar-refractivity contribution in [3.05, 3.63) is 0 Å². The van der Waals surface area contributed by atoms with Gasteiger partial charge in [-0.15, -0.1) is 0 Å². The van der Waals surface area contributed by atoms with E-state index in [0.717, 1.165) is 25.9 Å². The molecule has 0 aromatic rings. The number of ether oxygens (including phenoxy) is 1. The second-order valence-corrected chi connectivity index (χ2v) is 8.15. The Morgan fingerprint density at radius 3 is 2.60 bits per heavy atom. The first-order chi connectivity index (χ1) is 9.51. The van der Waals surface area contributed by atoms with Crippen LogP contribution in [0.15, 0.2) is 0 Å². The molecule has 3 aliphatic rings. The Labute approximate surface area is 120 Å². The van der Waals surface area contributed by atoms with Crippen LogP contribution in [-0.4, -0.2) is 67.7 Å². The van der Waals surface area contributed by atoms with Crippen molar-refractivity contribution in [3.8, 4) is 0 Å². The second-order valence-electron chi connectivity index (χ2n) is 5.89. The van der Waals surface area contributed by atoms with Gasteiger partial charge in [0.25, 0.3) is 0 Å². The maximum Gasteiger partial charge on any atom is 0.228 e. The van der Waals surface area contributed by atoms with E-state index in [2.05, 4.69) is 0 Å². The molecule has 3 atom stereocenters. The van der Waals surface area contributed by atoms with Crippen molar-refractivity contribution in [1.82, 2.24) is 9.21 Å². The molecule has 3 saturated heterocycles. The van der Waals surface area contributed by atoms with Gasteiger partial charge in [0.15, 0.2) is 0 Å². The molecule has 3 fully saturated rings. The maximum absolute atomic E-state index is 12.5. The molecule has 3 unspecified atom stereocenters. The van der Waals surface area contributed by atoms with Crippen molar-refractivity contribution < 1.29 is 17.9 Å². The fraction of sp³-hybridized carbons (Fsp3) is 0.923. The molecule has 0 aliphatic carbocycles. The summed E-state index contributed by atoms with van der Waals surface area (Å²) < 4.78 is 31.3. The molecule has 0 aromatic carbocycles. The van der Waals surface area contributed by atoms with E-state index >= 15 is 0 Å². The summed E-state index contributed by atoms with van der Waals surface area (Å²) in [4.78, 5) is 14.4. The summed E-state index contributed by atoms with van der Waals surface area (Å²) >= 11 is 0. The summed E-state index contributed by atoms with van der Waals surface area (Å²) in [7, 11) is -3.19. The van der Waals surface area contributed by atoms with Crippen molar-refractivity contribution in [3.63, 3.8) is 0 Å². The summed E-state index contributed by atoms with van der Waals surface area (Å²) in [5.74, 6) is 0.109. The van der Waals surface area contributed by atoms with E-state index in [9.17, 15) is 13.2 Å². The van der Waals surface area contributed by atoms with Gasteiger partial charge in [0, 0.05) is 26.2 Å². The molecule has 3 heterocycles. The van der Waals surface area contributed by atoms with Crippen molar-refractivity contribution >= 4 is 15.9 Å². The largest absolute Gasteiger partial charge is 0.371 e. The highest BCUT2D eigenvalue weighted by Crippen LogP contribution is 2.34. The van der Waals surface area contributed by atoms with Crippen LogP contribution in [0.2, 0.25) is 0 Å². The average molecular weight is 302 g/mol. The molecule has 6 nitrogen and oxygen atoms in total. The lowest BCUT2D eigenvalue weighted by Crippen LogP contribution is -2.48. The van der Waals surface area contributed by atoms with E-state index in [1.807, 2.05) is 4.90 Å². The molecule has 7 heteroatoms. The zero-order valence-corrected chi connectivity index (χ0v) is 12.6. The van der Waals surface area contributed by atoms with E-state index in [0.29, 0.717) is 19.5 Å². The Balaban J connectivity index is 1.71. The maximum atomic E-state index is 12.5. The van der Waals surface area contributed by atoms with Gasteiger partial charge in [-0.25, -0.2) is 8.42 Å². The normalized spacial score (nSPS) is 34.6. The molecule has 0 radical (unpaired) electrons. The van der Waals surface area contributed by atoms with Gasteiger partial charge in [0.1, 0.15) is 0 Å². The van der Waals surface area contributed by atoms with Gasteiger partial charge in [-0.1, -0.05) is 0 Å².